The highest BCUT2D eigenvalue weighted by atomic mass is 16.1. The number of carbonyl (C=O) groups excluding carboxylic acids is 1. The van der Waals surface area contributed by atoms with Gasteiger partial charge in [-0.25, -0.2) is 0 Å². The Labute approximate surface area is 119 Å². The van der Waals surface area contributed by atoms with Crippen LogP contribution in [0, 0.1) is 0 Å². The van der Waals surface area contributed by atoms with E-state index in [-0.39, 0.29) is 0 Å². The Morgan fingerprint density at radius 3 is 2.35 bits per heavy atom. The van der Waals surface area contributed by atoms with Gasteiger partial charge in [-0.05, 0) is 29.2 Å². The highest BCUT2D eigenvalue weighted by Crippen LogP contribution is 2.18. The number of nitrogens with two attached hydrogens (primary N) is 1. The molecule has 0 radical (unpaired) electrons. The molecule has 0 heterocycles. The van der Waals surface area contributed by atoms with Crippen LogP contribution >= 0.6 is 0 Å². The quantitative estimate of drug-likeness (QED) is 0.843. The lowest BCUT2D eigenvalue weighted by Crippen LogP contribution is -2.10. The first-order valence-corrected chi connectivity index (χ1v) is 6.61. The lowest BCUT2D eigenvalue weighted by molar-refractivity contribution is 0.100. The Bertz CT molecular complexity index is 628. The zero-order valence-corrected chi connectivity index (χ0v) is 11.7. The van der Waals surface area contributed by atoms with Gasteiger partial charge in [-0.2, -0.15) is 0 Å². The molecule has 2 N–H and O–H groups in total. The van der Waals surface area contributed by atoms with Crippen molar-refractivity contribution in [1.82, 2.24) is 0 Å². The Balaban J connectivity index is 2.23. The highest BCUT2D eigenvalue weighted by molar-refractivity contribution is 5.98. The van der Waals surface area contributed by atoms with Gasteiger partial charge in [-0.1, -0.05) is 50.2 Å². The van der Waals surface area contributed by atoms with Gasteiger partial charge >= 0.3 is 0 Å². The standard InChI is InChI=1S/C17H18N2O/c1-12(2)14-9-7-13(8-10-14)11-19-16-6-4-3-5-15(16)17(18)20/h3-12H,1-2H3,(H2,18,20). The highest BCUT2D eigenvalue weighted by Gasteiger charge is 2.05. The molecule has 20 heavy (non-hydrogen) atoms. The van der Waals surface area contributed by atoms with Gasteiger partial charge in [0.1, 0.15) is 0 Å². The number of benzene rings is 2. The summed E-state index contributed by atoms with van der Waals surface area (Å²) in [5, 5.41) is 0. The molecule has 0 aliphatic heterocycles. The molecular formula is C17H18N2O. The number of hydrogen-bond donors (Lipinski definition) is 1. The second kappa shape index (κ2) is 6.15. The fourth-order valence-electron chi connectivity index (χ4n) is 1.91. The molecule has 2 aromatic rings. The normalized spacial score (nSPS) is 11.2. The number of nitrogens with zero attached hydrogens (tertiary/aromatic N) is 1. The van der Waals surface area contributed by atoms with Gasteiger partial charge in [0.05, 0.1) is 11.3 Å². The van der Waals surface area contributed by atoms with E-state index in [1.54, 1.807) is 24.4 Å². The summed E-state index contributed by atoms with van der Waals surface area (Å²) >= 11 is 0. The fourth-order valence-corrected chi connectivity index (χ4v) is 1.91. The summed E-state index contributed by atoms with van der Waals surface area (Å²) in [5.41, 5.74) is 8.63. The summed E-state index contributed by atoms with van der Waals surface area (Å²) in [5.74, 6) is 0.0458. The van der Waals surface area contributed by atoms with E-state index in [0.717, 1.165) is 5.56 Å². The van der Waals surface area contributed by atoms with Crippen molar-refractivity contribution in [3.05, 3.63) is 65.2 Å². The van der Waals surface area contributed by atoms with Crippen molar-refractivity contribution in [2.75, 3.05) is 0 Å². The molecule has 0 aromatic heterocycles. The predicted molar refractivity (Wildman–Crippen MR) is 82.7 cm³/mol. The topological polar surface area (TPSA) is 55.4 Å². The van der Waals surface area contributed by atoms with Crippen LogP contribution in [0.2, 0.25) is 0 Å². The molecule has 0 bridgehead atoms. The van der Waals surface area contributed by atoms with Crippen LogP contribution in [0.4, 0.5) is 5.69 Å². The lowest BCUT2D eigenvalue weighted by atomic mass is 10.0. The third-order valence-electron chi connectivity index (χ3n) is 3.13. The van der Waals surface area contributed by atoms with E-state index >= 15 is 0 Å². The molecule has 0 saturated heterocycles. The Kier molecular flexibility index (Phi) is 4.31. The third kappa shape index (κ3) is 3.32. The van der Waals surface area contributed by atoms with Gasteiger partial charge in [-0.15, -0.1) is 0 Å². The van der Waals surface area contributed by atoms with E-state index in [9.17, 15) is 4.79 Å². The summed E-state index contributed by atoms with van der Waals surface area (Å²) in [7, 11) is 0. The molecule has 1 amide bonds. The van der Waals surface area contributed by atoms with Crippen molar-refractivity contribution >= 4 is 17.8 Å². The van der Waals surface area contributed by atoms with Crippen LogP contribution < -0.4 is 5.73 Å². The van der Waals surface area contributed by atoms with Crippen LogP contribution in [0.5, 0.6) is 0 Å². The molecule has 3 heteroatoms. The second-order valence-corrected chi connectivity index (χ2v) is 4.96. The van der Waals surface area contributed by atoms with Crippen molar-refractivity contribution in [3.8, 4) is 0 Å². The van der Waals surface area contributed by atoms with Crippen LogP contribution in [0.25, 0.3) is 0 Å². The maximum Gasteiger partial charge on any atom is 0.250 e. The molecule has 0 saturated carbocycles. The minimum atomic E-state index is -0.465. The fraction of sp³-hybridized carbons (Fsp3) is 0.176. The van der Waals surface area contributed by atoms with E-state index < -0.39 is 5.91 Å². The van der Waals surface area contributed by atoms with E-state index in [0.29, 0.717) is 17.2 Å². The summed E-state index contributed by atoms with van der Waals surface area (Å²) in [6, 6.07) is 15.3. The monoisotopic (exact) mass is 266 g/mol. The van der Waals surface area contributed by atoms with Crippen LogP contribution in [-0.4, -0.2) is 12.1 Å². The minimum Gasteiger partial charge on any atom is -0.366 e. The largest absolute Gasteiger partial charge is 0.366 e. The predicted octanol–water partition coefficient (Wildman–Crippen LogP) is 3.66. The molecule has 0 spiro atoms. The number of amides is 1. The first-order valence-electron chi connectivity index (χ1n) is 6.61. The molecule has 0 aliphatic carbocycles. The summed E-state index contributed by atoms with van der Waals surface area (Å²) in [6.45, 7) is 4.32. The van der Waals surface area contributed by atoms with Gasteiger partial charge in [0.2, 0.25) is 0 Å². The molecule has 0 unspecified atom stereocenters. The van der Waals surface area contributed by atoms with Gasteiger partial charge in [0.25, 0.3) is 5.91 Å². The molecule has 0 atom stereocenters. The minimum absolute atomic E-state index is 0.433. The van der Waals surface area contributed by atoms with Crippen molar-refractivity contribution in [2.24, 2.45) is 10.7 Å². The lowest BCUT2D eigenvalue weighted by Gasteiger charge is -2.04. The van der Waals surface area contributed by atoms with E-state index in [2.05, 4.69) is 31.0 Å². The molecular weight excluding hydrogens is 248 g/mol. The van der Waals surface area contributed by atoms with Gasteiger partial charge in [0.15, 0.2) is 0 Å². The van der Waals surface area contributed by atoms with Gasteiger partial charge in [0, 0.05) is 6.21 Å². The number of primary amides is 1. The zero-order valence-electron chi connectivity index (χ0n) is 11.7. The van der Waals surface area contributed by atoms with Crippen molar-refractivity contribution in [2.45, 2.75) is 19.8 Å². The van der Waals surface area contributed by atoms with E-state index in [1.807, 2.05) is 18.2 Å². The van der Waals surface area contributed by atoms with Crippen molar-refractivity contribution < 1.29 is 4.79 Å². The zero-order chi connectivity index (χ0) is 14.5. The second-order valence-electron chi connectivity index (χ2n) is 4.96. The number of hydrogen-bond acceptors (Lipinski definition) is 2. The van der Waals surface area contributed by atoms with E-state index in [1.165, 1.54) is 5.56 Å². The smallest absolute Gasteiger partial charge is 0.250 e. The maximum absolute atomic E-state index is 11.3. The number of rotatable bonds is 4. The van der Waals surface area contributed by atoms with Crippen molar-refractivity contribution in [3.63, 3.8) is 0 Å². The molecule has 2 rings (SSSR count). The molecule has 3 nitrogen and oxygen atoms in total. The SMILES string of the molecule is CC(C)c1ccc(C=Nc2ccccc2C(N)=O)cc1. The first-order chi connectivity index (χ1) is 9.58. The van der Waals surface area contributed by atoms with Crippen LogP contribution in [-0.2, 0) is 0 Å². The number of para-hydroxylation sites is 1. The average molecular weight is 266 g/mol. The average Bonchev–Trinajstić information content (AvgIpc) is 2.45. The van der Waals surface area contributed by atoms with Gasteiger partial charge < -0.3 is 5.73 Å². The molecule has 0 aliphatic rings. The van der Waals surface area contributed by atoms with Gasteiger partial charge in [-0.3, -0.25) is 9.79 Å². The Morgan fingerprint density at radius 2 is 1.75 bits per heavy atom. The van der Waals surface area contributed by atoms with Crippen LogP contribution in [0.1, 0.15) is 41.3 Å². The summed E-state index contributed by atoms with van der Waals surface area (Å²) < 4.78 is 0. The number of aliphatic imine (C=N–C) groups is 1. The maximum atomic E-state index is 11.3. The Hall–Kier alpha value is -2.42. The summed E-state index contributed by atoms with van der Waals surface area (Å²) in [6.07, 6.45) is 1.74. The number of carbonyl (C=O) groups is 1. The molecule has 0 fully saturated rings. The first kappa shape index (κ1) is 14.0. The summed E-state index contributed by atoms with van der Waals surface area (Å²) in [4.78, 5) is 15.6. The molecule has 2 aromatic carbocycles. The van der Waals surface area contributed by atoms with E-state index in [4.69, 9.17) is 5.73 Å². The van der Waals surface area contributed by atoms with Crippen LogP contribution in [0.15, 0.2) is 53.5 Å². The Morgan fingerprint density at radius 1 is 1.10 bits per heavy atom. The molecule has 102 valence electrons. The van der Waals surface area contributed by atoms with Crippen LogP contribution in [0.3, 0.4) is 0 Å². The third-order valence-corrected chi connectivity index (χ3v) is 3.13. The van der Waals surface area contributed by atoms with Crippen molar-refractivity contribution in [1.29, 1.82) is 0 Å².